The summed E-state index contributed by atoms with van der Waals surface area (Å²) >= 11 is 0. The monoisotopic (exact) mass is 369 g/mol. The van der Waals surface area contributed by atoms with Crippen molar-refractivity contribution in [3.05, 3.63) is 11.6 Å². The number of rotatable bonds is 5. The van der Waals surface area contributed by atoms with Crippen molar-refractivity contribution in [2.24, 2.45) is 5.16 Å². The smallest absolute Gasteiger partial charge is 0.395 e. The number of hydrogen-bond donors (Lipinski definition) is 1. The first-order chi connectivity index (χ1) is 12.2. The van der Waals surface area contributed by atoms with E-state index < -0.39 is 29.7 Å². The Kier molecular flexibility index (Phi) is 6.19. The van der Waals surface area contributed by atoms with E-state index in [9.17, 15) is 9.59 Å². The van der Waals surface area contributed by atoms with E-state index in [1.54, 1.807) is 20.8 Å². The summed E-state index contributed by atoms with van der Waals surface area (Å²) in [6.45, 7) is 5.62. The molecule has 0 saturated carbocycles. The predicted octanol–water partition coefficient (Wildman–Crippen LogP) is 1.63. The zero-order valence-electron chi connectivity index (χ0n) is 15.2. The fourth-order valence-corrected chi connectivity index (χ4v) is 2.09. The molecule has 1 aliphatic rings. The molecular formula is C16H23N3O7. The van der Waals surface area contributed by atoms with Crippen molar-refractivity contribution in [1.82, 2.24) is 4.98 Å². The fraction of sp³-hybridized carbons (Fsp3) is 0.625. The number of ether oxygens (including phenoxy) is 3. The summed E-state index contributed by atoms with van der Waals surface area (Å²) in [5.41, 5.74) is 4.48. The molecular weight excluding hydrogens is 346 g/mol. The van der Waals surface area contributed by atoms with Crippen LogP contribution >= 0.6 is 0 Å². The van der Waals surface area contributed by atoms with Crippen LogP contribution in [0, 0.1) is 0 Å². The maximum absolute atomic E-state index is 12.1. The number of nitrogens with two attached hydrogens (primary N) is 1. The van der Waals surface area contributed by atoms with E-state index in [1.807, 2.05) is 0 Å². The number of nitrogens with zero attached hydrogens (tertiary/aromatic N) is 2. The molecule has 2 N–H and O–H groups in total. The van der Waals surface area contributed by atoms with Gasteiger partial charge in [-0.15, -0.1) is 0 Å². The number of carbonyl (C=O) groups excluding carboxylic acids is 2. The number of hydrogen-bond acceptors (Lipinski definition) is 10. The molecule has 0 aromatic carbocycles. The lowest BCUT2D eigenvalue weighted by Gasteiger charge is -2.20. The summed E-state index contributed by atoms with van der Waals surface area (Å²) in [6, 6.07) is 0. The van der Waals surface area contributed by atoms with Gasteiger partial charge in [-0.2, -0.15) is 4.98 Å². The molecule has 1 saturated heterocycles. The van der Waals surface area contributed by atoms with Gasteiger partial charge in [0.05, 0.1) is 13.7 Å². The van der Waals surface area contributed by atoms with Crippen LogP contribution in [0.5, 0.6) is 0 Å². The number of nitrogen functional groups attached to an aromatic ring is 1. The molecule has 2 rings (SSSR count). The number of aromatic nitrogens is 1. The summed E-state index contributed by atoms with van der Waals surface area (Å²) in [5, 5.41) is 3.76. The first-order valence-corrected chi connectivity index (χ1v) is 8.15. The molecule has 0 radical (unpaired) electrons. The highest BCUT2D eigenvalue weighted by molar-refractivity contribution is 6.43. The van der Waals surface area contributed by atoms with Crippen LogP contribution in [0.15, 0.2) is 9.57 Å². The van der Waals surface area contributed by atoms with E-state index in [-0.39, 0.29) is 17.3 Å². The maximum atomic E-state index is 12.1. The van der Waals surface area contributed by atoms with Crippen LogP contribution in [0.4, 0.5) is 5.88 Å². The second-order valence-corrected chi connectivity index (χ2v) is 6.57. The van der Waals surface area contributed by atoms with E-state index >= 15 is 0 Å². The highest BCUT2D eigenvalue weighted by Gasteiger charge is 2.29. The van der Waals surface area contributed by atoms with Crippen LogP contribution < -0.4 is 5.73 Å². The van der Waals surface area contributed by atoms with Crippen LogP contribution in [0.25, 0.3) is 0 Å². The topological polar surface area (TPSA) is 135 Å². The number of oxime groups is 1. The molecule has 1 unspecified atom stereocenters. The van der Waals surface area contributed by atoms with Crippen LogP contribution in [0.1, 0.15) is 56.4 Å². The average Bonchev–Trinajstić information content (AvgIpc) is 2.96. The summed E-state index contributed by atoms with van der Waals surface area (Å²) in [6.07, 6.45) is 1.91. The van der Waals surface area contributed by atoms with Gasteiger partial charge in [0.1, 0.15) is 5.60 Å². The molecule has 0 amide bonds. The fourth-order valence-electron chi connectivity index (χ4n) is 2.09. The van der Waals surface area contributed by atoms with E-state index in [2.05, 4.69) is 14.9 Å². The second-order valence-electron chi connectivity index (χ2n) is 6.57. The number of anilines is 1. The molecule has 0 bridgehead atoms. The second kappa shape index (κ2) is 8.17. The Morgan fingerprint density at radius 1 is 1.31 bits per heavy atom. The van der Waals surface area contributed by atoms with E-state index in [1.165, 1.54) is 7.11 Å². The zero-order chi connectivity index (χ0) is 19.3. The molecule has 10 heteroatoms. The molecule has 2 heterocycles. The lowest BCUT2D eigenvalue weighted by Crippen LogP contribution is -2.25. The van der Waals surface area contributed by atoms with Crippen LogP contribution in [-0.2, 0) is 23.8 Å². The SMILES string of the molecule is COC(=O)/C(=N\OC1CCCCO1)c1nc(C(=O)OC(C)(C)C)oc1N. The number of carbonyl (C=O) groups is 2. The lowest BCUT2D eigenvalue weighted by atomic mass is 10.2. The molecule has 1 aromatic heterocycles. The van der Waals surface area contributed by atoms with Gasteiger partial charge in [-0.25, -0.2) is 9.59 Å². The Balaban J connectivity index is 2.24. The number of oxazole rings is 1. The predicted molar refractivity (Wildman–Crippen MR) is 89.3 cm³/mol. The van der Waals surface area contributed by atoms with Crippen molar-refractivity contribution >= 4 is 23.5 Å². The standard InChI is InChI=1S/C16H23N3O7/c1-16(2,3)25-15(21)13-18-10(12(17)24-13)11(14(20)22-4)19-26-9-7-5-6-8-23-9/h9H,5-8,17H2,1-4H3/b19-11-. The Labute approximate surface area is 150 Å². The first kappa shape index (κ1) is 19.7. The van der Waals surface area contributed by atoms with E-state index in [0.717, 1.165) is 12.8 Å². The van der Waals surface area contributed by atoms with Gasteiger partial charge in [0.2, 0.25) is 17.9 Å². The van der Waals surface area contributed by atoms with Gasteiger partial charge in [0.25, 0.3) is 0 Å². The summed E-state index contributed by atoms with van der Waals surface area (Å²) in [5.74, 6) is -2.37. The molecule has 26 heavy (non-hydrogen) atoms. The van der Waals surface area contributed by atoms with Gasteiger partial charge >= 0.3 is 17.8 Å². The molecule has 144 valence electrons. The average molecular weight is 369 g/mol. The van der Waals surface area contributed by atoms with Crippen molar-refractivity contribution in [2.75, 3.05) is 19.5 Å². The van der Waals surface area contributed by atoms with Crippen LogP contribution in [-0.4, -0.2) is 48.2 Å². The van der Waals surface area contributed by atoms with Gasteiger partial charge < -0.3 is 29.2 Å². The lowest BCUT2D eigenvalue weighted by molar-refractivity contribution is -0.162. The quantitative estimate of drug-likeness (QED) is 0.466. The van der Waals surface area contributed by atoms with Gasteiger partial charge in [0.15, 0.2) is 5.69 Å². The van der Waals surface area contributed by atoms with Crippen LogP contribution in [0.3, 0.4) is 0 Å². The number of esters is 2. The molecule has 1 atom stereocenters. The third kappa shape index (κ3) is 5.19. The van der Waals surface area contributed by atoms with Crippen LogP contribution in [0.2, 0.25) is 0 Å². The minimum atomic E-state index is -0.850. The summed E-state index contributed by atoms with van der Waals surface area (Å²) in [4.78, 5) is 33.2. The molecule has 10 nitrogen and oxygen atoms in total. The molecule has 1 aromatic rings. The van der Waals surface area contributed by atoms with Crippen molar-refractivity contribution in [1.29, 1.82) is 0 Å². The maximum Gasteiger partial charge on any atom is 0.395 e. The molecule has 1 fully saturated rings. The van der Waals surface area contributed by atoms with Gasteiger partial charge in [-0.1, -0.05) is 5.16 Å². The molecule has 0 aliphatic carbocycles. The van der Waals surface area contributed by atoms with Crippen molar-refractivity contribution in [3.63, 3.8) is 0 Å². The van der Waals surface area contributed by atoms with Gasteiger partial charge in [-0.3, -0.25) is 0 Å². The minimum Gasteiger partial charge on any atom is -0.464 e. The Hall–Kier alpha value is -2.62. The normalized spacial score (nSPS) is 18.3. The van der Waals surface area contributed by atoms with Gasteiger partial charge in [-0.05, 0) is 33.6 Å². The van der Waals surface area contributed by atoms with Crippen molar-refractivity contribution in [3.8, 4) is 0 Å². The third-order valence-electron chi connectivity index (χ3n) is 3.23. The molecule has 0 spiro atoms. The first-order valence-electron chi connectivity index (χ1n) is 8.15. The highest BCUT2D eigenvalue weighted by Crippen LogP contribution is 2.20. The Bertz CT molecular complexity index is 685. The largest absolute Gasteiger partial charge is 0.464 e. The number of methoxy groups -OCH3 is 1. The van der Waals surface area contributed by atoms with Crippen molar-refractivity contribution in [2.45, 2.75) is 51.9 Å². The van der Waals surface area contributed by atoms with Gasteiger partial charge in [0, 0.05) is 6.42 Å². The Morgan fingerprint density at radius 3 is 2.62 bits per heavy atom. The van der Waals surface area contributed by atoms with E-state index in [4.69, 9.17) is 24.5 Å². The zero-order valence-corrected chi connectivity index (χ0v) is 15.2. The Morgan fingerprint density at radius 2 is 2.04 bits per heavy atom. The van der Waals surface area contributed by atoms with E-state index in [0.29, 0.717) is 13.0 Å². The summed E-state index contributed by atoms with van der Waals surface area (Å²) < 4.78 is 20.3. The van der Waals surface area contributed by atoms with Crippen molar-refractivity contribution < 1.29 is 33.1 Å². The third-order valence-corrected chi connectivity index (χ3v) is 3.23. The minimum absolute atomic E-state index is 0.173. The molecule has 1 aliphatic heterocycles. The summed E-state index contributed by atoms with van der Waals surface area (Å²) in [7, 11) is 1.17. The highest BCUT2D eigenvalue weighted by atomic mass is 16.8.